The van der Waals surface area contributed by atoms with Crippen LogP contribution in [0, 0.1) is 0 Å². The highest BCUT2D eigenvalue weighted by Gasteiger charge is 2.22. The van der Waals surface area contributed by atoms with Crippen molar-refractivity contribution in [2.75, 3.05) is 11.9 Å². The molecular formula is C17H18ClNOS. The highest BCUT2D eigenvalue weighted by atomic mass is 35.5. The van der Waals surface area contributed by atoms with Crippen molar-refractivity contribution < 1.29 is 4.79 Å². The van der Waals surface area contributed by atoms with Crippen molar-refractivity contribution >= 4 is 35.0 Å². The van der Waals surface area contributed by atoms with Crippen LogP contribution in [0.1, 0.15) is 13.3 Å². The van der Waals surface area contributed by atoms with Gasteiger partial charge in [0, 0.05) is 22.7 Å². The molecule has 0 aliphatic rings. The summed E-state index contributed by atoms with van der Waals surface area (Å²) in [7, 11) is 1.82. The zero-order valence-corrected chi connectivity index (χ0v) is 13.7. The van der Waals surface area contributed by atoms with E-state index in [1.165, 1.54) is 0 Å². The van der Waals surface area contributed by atoms with Crippen molar-refractivity contribution in [3.05, 3.63) is 59.6 Å². The SMILES string of the molecule is CC[C@H](Sc1ccc(Cl)cc1)C(=O)N(C)c1ccccc1. The molecule has 0 N–H and O–H groups in total. The lowest BCUT2D eigenvalue weighted by molar-refractivity contribution is -0.117. The Hall–Kier alpha value is -1.45. The number of anilines is 1. The van der Waals surface area contributed by atoms with Gasteiger partial charge in [0.2, 0.25) is 5.91 Å². The summed E-state index contributed by atoms with van der Waals surface area (Å²) in [5.74, 6) is 0.114. The normalized spacial score (nSPS) is 12.0. The van der Waals surface area contributed by atoms with E-state index in [1.807, 2.05) is 68.6 Å². The molecule has 2 rings (SSSR count). The van der Waals surface area contributed by atoms with E-state index < -0.39 is 0 Å². The Balaban J connectivity index is 2.09. The van der Waals surface area contributed by atoms with Crippen LogP contribution in [-0.2, 0) is 4.79 Å². The third-order valence-corrected chi connectivity index (χ3v) is 4.83. The third kappa shape index (κ3) is 4.26. The van der Waals surface area contributed by atoms with E-state index in [0.29, 0.717) is 5.02 Å². The molecule has 2 nitrogen and oxygen atoms in total. The van der Waals surface area contributed by atoms with Gasteiger partial charge in [-0.25, -0.2) is 0 Å². The van der Waals surface area contributed by atoms with Crippen LogP contribution in [0.4, 0.5) is 5.69 Å². The van der Waals surface area contributed by atoms with E-state index in [0.717, 1.165) is 17.0 Å². The lowest BCUT2D eigenvalue weighted by Gasteiger charge is -2.22. The van der Waals surface area contributed by atoms with Crippen molar-refractivity contribution in [3.8, 4) is 0 Å². The van der Waals surface area contributed by atoms with Crippen LogP contribution in [0.5, 0.6) is 0 Å². The van der Waals surface area contributed by atoms with E-state index in [4.69, 9.17) is 11.6 Å². The lowest BCUT2D eigenvalue weighted by atomic mass is 10.2. The van der Waals surface area contributed by atoms with Crippen LogP contribution in [0.2, 0.25) is 5.02 Å². The van der Waals surface area contributed by atoms with Crippen LogP contribution < -0.4 is 4.90 Å². The molecule has 21 heavy (non-hydrogen) atoms. The van der Waals surface area contributed by atoms with Crippen LogP contribution in [-0.4, -0.2) is 18.2 Å². The predicted molar refractivity (Wildman–Crippen MR) is 91.2 cm³/mol. The molecule has 110 valence electrons. The number of nitrogens with zero attached hydrogens (tertiary/aromatic N) is 1. The fourth-order valence-electron chi connectivity index (χ4n) is 1.98. The first-order chi connectivity index (χ1) is 10.1. The molecule has 0 heterocycles. The molecule has 1 atom stereocenters. The highest BCUT2D eigenvalue weighted by Crippen LogP contribution is 2.28. The number of carbonyl (C=O) groups is 1. The van der Waals surface area contributed by atoms with E-state index in [-0.39, 0.29) is 11.2 Å². The number of rotatable bonds is 5. The molecule has 0 radical (unpaired) electrons. The van der Waals surface area contributed by atoms with E-state index in [2.05, 4.69) is 0 Å². The Morgan fingerprint density at radius 1 is 1.14 bits per heavy atom. The van der Waals surface area contributed by atoms with Crippen LogP contribution in [0.25, 0.3) is 0 Å². The summed E-state index contributed by atoms with van der Waals surface area (Å²) < 4.78 is 0. The van der Waals surface area contributed by atoms with Gasteiger partial charge in [-0.3, -0.25) is 4.79 Å². The molecule has 0 aromatic heterocycles. The Kier molecular flexibility index (Phi) is 5.71. The number of hydrogen-bond donors (Lipinski definition) is 0. The van der Waals surface area contributed by atoms with Gasteiger partial charge in [-0.2, -0.15) is 0 Å². The second kappa shape index (κ2) is 7.53. The summed E-state index contributed by atoms with van der Waals surface area (Å²) in [5, 5.41) is 0.608. The van der Waals surface area contributed by atoms with Crippen LogP contribution in [0.3, 0.4) is 0 Å². The van der Waals surface area contributed by atoms with Gasteiger partial charge in [-0.15, -0.1) is 11.8 Å². The van der Waals surface area contributed by atoms with Crippen molar-refractivity contribution in [3.63, 3.8) is 0 Å². The number of amides is 1. The fraction of sp³-hybridized carbons (Fsp3) is 0.235. The maximum absolute atomic E-state index is 12.6. The predicted octanol–water partition coefficient (Wildman–Crippen LogP) is 4.87. The standard InChI is InChI=1S/C17H18ClNOS/c1-3-16(21-15-11-9-13(18)10-12-15)17(20)19(2)14-7-5-4-6-8-14/h4-12,16H,3H2,1-2H3/t16-/m0/s1. The van der Waals surface area contributed by atoms with Gasteiger partial charge in [-0.1, -0.05) is 36.7 Å². The monoisotopic (exact) mass is 319 g/mol. The minimum atomic E-state index is -0.101. The topological polar surface area (TPSA) is 20.3 Å². The van der Waals surface area contributed by atoms with Gasteiger partial charge < -0.3 is 4.90 Å². The van der Waals surface area contributed by atoms with Gasteiger partial charge in [0.1, 0.15) is 0 Å². The van der Waals surface area contributed by atoms with Crippen molar-refractivity contribution in [2.45, 2.75) is 23.5 Å². The number of carbonyl (C=O) groups excluding carboxylic acids is 1. The van der Waals surface area contributed by atoms with E-state index in [1.54, 1.807) is 16.7 Å². The van der Waals surface area contributed by atoms with Gasteiger partial charge in [0.05, 0.1) is 5.25 Å². The largest absolute Gasteiger partial charge is 0.315 e. The average molecular weight is 320 g/mol. The van der Waals surface area contributed by atoms with Gasteiger partial charge in [0.15, 0.2) is 0 Å². The molecule has 1 amide bonds. The first-order valence-electron chi connectivity index (χ1n) is 6.86. The average Bonchev–Trinajstić information content (AvgIpc) is 2.54. The number of halogens is 1. The molecule has 0 saturated carbocycles. The molecule has 0 aliphatic carbocycles. The minimum Gasteiger partial charge on any atom is -0.315 e. The molecule has 0 spiro atoms. The van der Waals surface area contributed by atoms with Gasteiger partial charge in [-0.05, 0) is 42.8 Å². The molecule has 0 fully saturated rings. The van der Waals surface area contributed by atoms with Crippen LogP contribution in [0.15, 0.2) is 59.5 Å². The third-order valence-electron chi connectivity index (χ3n) is 3.21. The number of thioether (sulfide) groups is 1. The maximum atomic E-state index is 12.6. The summed E-state index contributed by atoms with van der Waals surface area (Å²) in [6, 6.07) is 17.3. The lowest BCUT2D eigenvalue weighted by Crippen LogP contribution is -2.34. The Morgan fingerprint density at radius 2 is 1.76 bits per heavy atom. The second-order valence-electron chi connectivity index (χ2n) is 4.70. The summed E-state index contributed by atoms with van der Waals surface area (Å²) in [6.07, 6.45) is 0.781. The molecular weight excluding hydrogens is 302 g/mol. The van der Waals surface area contributed by atoms with E-state index in [9.17, 15) is 4.79 Å². The summed E-state index contributed by atoms with van der Waals surface area (Å²) in [5.41, 5.74) is 0.914. The van der Waals surface area contributed by atoms with Crippen molar-refractivity contribution in [1.82, 2.24) is 0 Å². The number of benzene rings is 2. The number of hydrogen-bond acceptors (Lipinski definition) is 2. The Morgan fingerprint density at radius 3 is 2.33 bits per heavy atom. The highest BCUT2D eigenvalue weighted by molar-refractivity contribution is 8.00. The zero-order valence-electron chi connectivity index (χ0n) is 12.1. The first kappa shape index (κ1) is 15.9. The molecule has 0 unspecified atom stereocenters. The molecule has 0 saturated heterocycles. The van der Waals surface area contributed by atoms with Gasteiger partial charge in [0.25, 0.3) is 0 Å². The van der Waals surface area contributed by atoms with Crippen molar-refractivity contribution in [1.29, 1.82) is 0 Å². The molecule has 0 bridgehead atoms. The molecule has 0 aliphatic heterocycles. The summed E-state index contributed by atoms with van der Waals surface area (Å²) in [4.78, 5) is 15.4. The fourth-order valence-corrected chi connectivity index (χ4v) is 3.15. The summed E-state index contributed by atoms with van der Waals surface area (Å²) >= 11 is 7.47. The second-order valence-corrected chi connectivity index (χ2v) is 6.41. The Labute approximate surface area is 135 Å². The van der Waals surface area contributed by atoms with Crippen molar-refractivity contribution in [2.24, 2.45) is 0 Å². The first-order valence-corrected chi connectivity index (χ1v) is 8.12. The smallest absolute Gasteiger partial charge is 0.240 e. The minimum absolute atomic E-state index is 0.101. The number of para-hydroxylation sites is 1. The maximum Gasteiger partial charge on any atom is 0.240 e. The Bertz CT molecular complexity index is 585. The molecule has 2 aromatic rings. The summed E-state index contributed by atoms with van der Waals surface area (Å²) in [6.45, 7) is 2.03. The van der Waals surface area contributed by atoms with Gasteiger partial charge >= 0.3 is 0 Å². The van der Waals surface area contributed by atoms with E-state index >= 15 is 0 Å². The zero-order chi connectivity index (χ0) is 15.2. The van der Waals surface area contributed by atoms with Crippen LogP contribution >= 0.6 is 23.4 Å². The quantitative estimate of drug-likeness (QED) is 0.732. The molecule has 2 aromatic carbocycles. The molecule has 4 heteroatoms.